The molecule has 0 N–H and O–H groups in total. The molecule has 1 amide bonds. The Labute approximate surface area is 171 Å². The number of carbonyl (C=O) groups excluding carboxylic acids is 1. The van der Waals surface area contributed by atoms with Gasteiger partial charge in [0, 0.05) is 18.3 Å². The summed E-state index contributed by atoms with van der Waals surface area (Å²) in [7, 11) is 0. The van der Waals surface area contributed by atoms with Gasteiger partial charge in [-0.2, -0.15) is 5.10 Å². The van der Waals surface area contributed by atoms with Crippen LogP contribution in [0.2, 0.25) is 0 Å². The van der Waals surface area contributed by atoms with Crippen LogP contribution >= 0.6 is 35.3 Å². The van der Waals surface area contributed by atoms with Crippen molar-refractivity contribution in [2.45, 2.75) is 13.3 Å². The van der Waals surface area contributed by atoms with Crippen molar-refractivity contribution >= 4 is 51.6 Å². The number of para-hydroxylation sites is 1. The minimum absolute atomic E-state index is 0.0172. The van der Waals surface area contributed by atoms with Crippen LogP contribution in [0.3, 0.4) is 0 Å². The standard InChI is InChI=1S/C20H17N3OS3/c1-2-10-22-19(24)17(27-20(22)25)12-14-13-23(15-7-4-3-5-8-15)21-18(14)16-9-6-11-26-16/h3-9,11-13H,2,10H2,1H3/b17-12-. The van der Waals surface area contributed by atoms with Crippen LogP contribution in [0.1, 0.15) is 18.9 Å². The summed E-state index contributed by atoms with van der Waals surface area (Å²) in [4.78, 5) is 16.1. The Bertz CT molecular complexity index is 1010. The Morgan fingerprint density at radius 1 is 1.19 bits per heavy atom. The van der Waals surface area contributed by atoms with Gasteiger partial charge in [-0.1, -0.05) is 55.2 Å². The normalized spacial score (nSPS) is 15.9. The molecule has 0 radical (unpaired) electrons. The molecular weight excluding hydrogens is 394 g/mol. The SMILES string of the molecule is CCCN1C(=O)/C(=C/c2cn(-c3ccccc3)nc2-c2cccs2)SC1=S. The van der Waals surface area contributed by atoms with Crippen molar-refractivity contribution in [1.82, 2.24) is 14.7 Å². The number of aromatic nitrogens is 2. The summed E-state index contributed by atoms with van der Waals surface area (Å²) in [6, 6.07) is 14.0. The van der Waals surface area contributed by atoms with Crippen molar-refractivity contribution in [3.63, 3.8) is 0 Å². The number of carbonyl (C=O) groups is 1. The van der Waals surface area contributed by atoms with E-state index in [0.717, 1.165) is 28.2 Å². The molecule has 0 aliphatic carbocycles. The molecule has 1 aromatic carbocycles. The highest BCUT2D eigenvalue weighted by Gasteiger charge is 2.31. The van der Waals surface area contributed by atoms with Gasteiger partial charge in [-0.3, -0.25) is 9.69 Å². The Hall–Kier alpha value is -2.22. The lowest BCUT2D eigenvalue weighted by Gasteiger charge is -2.11. The summed E-state index contributed by atoms with van der Waals surface area (Å²) in [5.74, 6) is -0.0172. The monoisotopic (exact) mass is 411 g/mol. The molecule has 1 aliphatic rings. The highest BCUT2D eigenvalue weighted by molar-refractivity contribution is 8.26. The van der Waals surface area contributed by atoms with Crippen LogP contribution < -0.4 is 0 Å². The van der Waals surface area contributed by atoms with E-state index in [1.54, 1.807) is 16.2 Å². The smallest absolute Gasteiger partial charge is 0.266 e. The van der Waals surface area contributed by atoms with E-state index in [-0.39, 0.29) is 5.91 Å². The fourth-order valence-corrected chi connectivity index (χ4v) is 4.90. The quantitative estimate of drug-likeness (QED) is 0.427. The van der Waals surface area contributed by atoms with Gasteiger partial charge in [0.15, 0.2) is 0 Å². The minimum Gasteiger partial charge on any atom is -0.293 e. The van der Waals surface area contributed by atoms with E-state index in [1.165, 1.54) is 11.8 Å². The molecule has 0 spiro atoms. The van der Waals surface area contributed by atoms with E-state index >= 15 is 0 Å². The molecule has 0 bridgehead atoms. The van der Waals surface area contributed by atoms with Gasteiger partial charge in [-0.25, -0.2) is 4.68 Å². The second-order valence-electron chi connectivity index (χ2n) is 6.02. The number of rotatable bonds is 5. The van der Waals surface area contributed by atoms with E-state index in [0.29, 0.717) is 15.8 Å². The van der Waals surface area contributed by atoms with E-state index in [9.17, 15) is 4.79 Å². The fraction of sp³-hybridized carbons (Fsp3) is 0.150. The van der Waals surface area contributed by atoms with Gasteiger partial charge in [0.25, 0.3) is 5.91 Å². The van der Waals surface area contributed by atoms with Crippen LogP contribution in [0.4, 0.5) is 0 Å². The zero-order chi connectivity index (χ0) is 18.8. The maximum absolute atomic E-state index is 12.7. The zero-order valence-corrected chi connectivity index (χ0v) is 17.1. The van der Waals surface area contributed by atoms with E-state index in [1.807, 2.05) is 71.7 Å². The first kappa shape index (κ1) is 18.2. The van der Waals surface area contributed by atoms with Gasteiger partial charge in [0.05, 0.1) is 15.5 Å². The number of benzene rings is 1. The average Bonchev–Trinajstić information content (AvgIpc) is 3.40. The van der Waals surface area contributed by atoms with Crippen molar-refractivity contribution in [3.8, 4) is 16.3 Å². The highest BCUT2D eigenvalue weighted by atomic mass is 32.2. The first-order chi connectivity index (χ1) is 13.2. The predicted octanol–water partition coefficient (Wildman–Crippen LogP) is 5.21. The zero-order valence-electron chi connectivity index (χ0n) is 14.7. The lowest BCUT2D eigenvalue weighted by atomic mass is 10.2. The Balaban J connectivity index is 1.77. The van der Waals surface area contributed by atoms with Crippen LogP contribution in [-0.4, -0.2) is 31.5 Å². The molecular formula is C20H17N3OS3. The molecule has 1 fully saturated rings. The van der Waals surface area contributed by atoms with Crippen molar-refractivity contribution in [2.24, 2.45) is 0 Å². The number of thiophene rings is 1. The lowest BCUT2D eigenvalue weighted by Crippen LogP contribution is -2.28. The summed E-state index contributed by atoms with van der Waals surface area (Å²) in [5, 5.41) is 6.81. The van der Waals surface area contributed by atoms with Crippen LogP contribution in [0.25, 0.3) is 22.3 Å². The number of thiocarbonyl (C=S) groups is 1. The topological polar surface area (TPSA) is 38.1 Å². The first-order valence-corrected chi connectivity index (χ1v) is 10.7. The molecule has 136 valence electrons. The van der Waals surface area contributed by atoms with Gasteiger partial charge in [0.2, 0.25) is 0 Å². The van der Waals surface area contributed by atoms with Crippen molar-refractivity contribution < 1.29 is 4.79 Å². The molecule has 1 saturated heterocycles. The molecule has 0 atom stereocenters. The molecule has 4 rings (SSSR count). The van der Waals surface area contributed by atoms with E-state index < -0.39 is 0 Å². The molecule has 2 aromatic heterocycles. The summed E-state index contributed by atoms with van der Waals surface area (Å²) in [6.07, 6.45) is 4.76. The van der Waals surface area contributed by atoms with Crippen molar-refractivity contribution in [3.05, 3.63) is 64.5 Å². The summed E-state index contributed by atoms with van der Waals surface area (Å²) >= 11 is 8.38. The summed E-state index contributed by atoms with van der Waals surface area (Å²) in [6.45, 7) is 2.70. The first-order valence-electron chi connectivity index (χ1n) is 8.61. The number of hydrogen-bond donors (Lipinski definition) is 0. The third-order valence-corrected chi connectivity index (χ3v) is 6.38. The second-order valence-corrected chi connectivity index (χ2v) is 8.65. The number of amides is 1. The third-order valence-electron chi connectivity index (χ3n) is 4.13. The van der Waals surface area contributed by atoms with Gasteiger partial charge in [-0.05, 0) is 36.1 Å². The molecule has 1 aliphatic heterocycles. The molecule has 4 nitrogen and oxygen atoms in total. The van der Waals surface area contributed by atoms with Gasteiger partial charge in [-0.15, -0.1) is 11.3 Å². The molecule has 7 heteroatoms. The maximum atomic E-state index is 12.7. The maximum Gasteiger partial charge on any atom is 0.266 e. The van der Waals surface area contributed by atoms with Crippen molar-refractivity contribution in [1.29, 1.82) is 0 Å². The Morgan fingerprint density at radius 2 is 2.00 bits per heavy atom. The highest BCUT2D eigenvalue weighted by Crippen LogP contribution is 2.35. The molecule has 0 saturated carbocycles. The molecule has 27 heavy (non-hydrogen) atoms. The molecule has 3 heterocycles. The van der Waals surface area contributed by atoms with E-state index in [4.69, 9.17) is 17.3 Å². The molecule has 3 aromatic rings. The van der Waals surface area contributed by atoms with Gasteiger partial charge >= 0.3 is 0 Å². The van der Waals surface area contributed by atoms with Crippen LogP contribution in [0.5, 0.6) is 0 Å². The summed E-state index contributed by atoms with van der Waals surface area (Å²) < 4.78 is 2.48. The van der Waals surface area contributed by atoms with Crippen LogP contribution in [-0.2, 0) is 4.79 Å². The van der Waals surface area contributed by atoms with Gasteiger partial charge < -0.3 is 0 Å². The van der Waals surface area contributed by atoms with Gasteiger partial charge in [0.1, 0.15) is 10.0 Å². The number of thioether (sulfide) groups is 1. The average molecular weight is 412 g/mol. The summed E-state index contributed by atoms with van der Waals surface area (Å²) in [5.41, 5.74) is 2.77. The minimum atomic E-state index is -0.0172. The number of nitrogens with zero attached hydrogens (tertiary/aromatic N) is 3. The van der Waals surface area contributed by atoms with Crippen LogP contribution in [0, 0.1) is 0 Å². The predicted molar refractivity (Wildman–Crippen MR) is 117 cm³/mol. The van der Waals surface area contributed by atoms with Crippen molar-refractivity contribution in [2.75, 3.05) is 6.54 Å². The third kappa shape index (κ3) is 3.63. The fourth-order valence-electron chi connectivity index (χ4n) is 2.87. The largest absolute Gasteiger partial charge is 0.293 e. The van der Waals surface area contributed by atoms with E-state index in [2.05, 4.69) is 0 Å². The second kappa shape index (κ2) is 7.80. The lowest BCUT2D eigenvalue weighted by molar-refractivity contribution is -0.122. The van der Waals surface area contributed by atoms with Crippen LogP contribution in [0.15, 0.2) is 58.9 Å². The number of hydrogen-bond acceptors (Lipinski definition) is 5. The Kier molecular flexibility index (Phi) is 5.24. The molecule has 0 unspecified atom stereocenters. The Morgan fingerprint density at radius 3 is 2.70 bits per heavy atom.